The summed E-state index contributed by atoms with van der Waals surface area (Å²) in [5, 5.41) is 0. The van der Waals surface area contributed by atoms with E-state index in [1.807, 2.05) is 12.3 Å². The molecule has 16 heavy (non-hydrogen) atoms. The molecule has 1 saturated heterocycles. The number of aromatic nitrogens is 1. The first-order valence-corrected chi connectivity index (χ1v) is 5.72. The monoisotopic (exact) mass is 221 g/mol. The maximum Gasteiger partial charge on any atom is 0.128 e. The van der Waals surface area contributed by atoms with Gasteiger partial charge in [-0.2, -0.15) is 0 Å². The molecule has 1 aliphatic rings. The molecule has 4 heteroatoms. The first kappa shape index (κ1) is 11.4. The molecule has 88 valence electrons. The lowest BCUT2D eigenvalue weighted by Crippen LogP contribution is -2.22. The maximum absolute atomic E-state index is 5.54. The fourth-order valence-electron chi connectivity index (χ4n) is 2.14. The molecule has 0 bridgehead atoms. The highest BCUT2D eigenvalue weighted by Gasteiger charge is 2.22. The quantitative estimate of drug-likeness (QED) is 0.824. The van der Waals surface area contributed by atoms with Gasteiger partial charge in [-0.15, -0.1) is 0 Å². The van der Waals surface area contributed by atoms with Gasteiger partial charge < -0.3 is 15.4 Å². The molecule has 0 aliphatic carbocycles. The number of anilines is 1. The predicted octanol–water partition coefficient (Wildman–Crippen LogP) is 1.01. The fourth-order valence-corrected chi connectivity index (χ4v) is 2.14. The van der Waals surface area contributed by atoms with Crippen LogP contribution in [-0.4, -0.2) is 31.8 Å². The molecule has 0 spiro atoms. The van der Waals surface area contributed by atoms with Gasteiger partial charge in [-0.3, -0.25) is 0 Å². The van der Waals surface area contributed by atoms with Crippen LogP contribution < -0.4 is 10.6 Å². The molecule has 0 saturated carbocycles. The lowest BCUT2D eigenvalue weighted by molar-refractivity contribution is 0.161. The van der Waals surface area contributed by atoms with Crippen LogP contribution >= 0.6 is 0 Å². The first-order valence-electron chi connectivity index (χ1n) is 5.72. The second-order valence-corrected chi connectivity index (χ2v) is 4.28. The highest BCUT2D eigenvalue weighted by Crippen LogP contribution is 2.22. The summed E-state index contributed by atoms with van der Waals surface area (Å²) in [6, 6.07) is 4.10. The SMILES string of the molecule is COCC1CCN(c2ccc(CN)cn2)C1. The van der Waals surface area contributed by atoms with Gasteiger partial charge in [0.15, 0.2) is 0 Å². The van der Waals surface area contributed by atoms with E-state index in [1.54, 1.807) is 7.11 Å². The van der Waals surface area contributed by atoms with Crippen molar-refractivity contribution in [1.82, 2.24) is 4.98 Å². The van der Waals surface area contributed by atoms with Crippen LogP contribution in [0.3, 0.4) is 0 Å². The van der Waals surface area contributed by atoms with Crippen molar-refractivity contribution in [1.29, 1.82) is 0 Å². The van der Waals surface area contributed by atoms with Gasteiger partial charge in [0, 0.05) is 38.9 Å². The van der Waals surface area contributed by atoms with E-state index in [1.165, 1.54) is 6.42 Å². The normalized spacial score (nSPS) is 20.4. The Morgan fingerprint density at radius 1 is 1.56 bits per heavy atom. The van der Waals surface area contributed by atoms with Crippen LogP contribution in [0.1, 0.15) is 12.0 Å². The average molecular weight is 221 g/mol. The summed E-state index contributed by atoms with van der Waals surface area (Å²) in [5.74, 6) is 1.69. The van der Waals surface area contributed by atoms with Crippen LogP contribution in [0.2, 0.25) is 0 Å². The minimum Gasteiger partial charge on any atom is -0.384 e. The second-order valence-electron chi connectivity index (χ2n) is 4.28. The van der Waals surface area contributed by atoms with Crippen LogP contribution in [-0.2, 0) is 11.3 Å². The summed E-state index contributed by atoms with van der Waals surface area (Å²) >= 11 is 0. The number of rotatable bonds is 4. The minimum atomic E-state index is 0.555. The predicted molar refractivity (Wildman–Crippen MR) is 64.3 cm³/mol. The van der Waals surface area contributed by atoms with E-state index in [4.69, 9.17) is 10.5 Å². The summed E-state index contributed by atoms with van der Waals surface area (Å²) in [6.45, 7) is 3.52. The van der Waals surface area contributed by atoms with Gasteiger partial charge in [-0.25, -0.2) is 4.98 Å². The molecule has 1 atom stereocenters. The Balaban J connectivity index is 1.97. The topological polar surface area (TPSA) is 51.4 Å². The van der Waals surface area contributed by atoms with Crippen LogP contribution in [0, 0.1) is 5.92 Å². The molecule has 1 aromatic heterocycles. The first-order chi connectivity index (χ1) is 7.83. The number of hydrogen-bond donors (Lipinski definition) is 1. The van der Waals surface area contributed by atoms with E-state index in [0.717, 1.165) is 31.1 Å². The van der Waals surface area contributed by atoms with Gasteiger partial charge in [0.05, 0.1) is 6.61 Å². The maximum atomic E-state index is 5.54. The van der Waals surface area contributed by atoms with Crippen molar-refractivity contribution in [2.24, 2.45) is 11.7 Å². The summed E-state index contributed by atoms with van der Waals surface area (Å²) < 4.78 is 5.18. The van der Waals surface area contributed by atoms with Crippen molar-refractivity contribution in [3.63, 3.8) is 0 Å². The number of hydrogen-bond acceptors (Lipinski definition) is 4. The van der Waals surface area contributed by atoms with Crippen molar-refractivity contribution >= 4 is 5.82 Å². The Morgan fingerprint density at radius 2 is 2.44 bits per heavy atom. The zero-order valence-electron chi connectivity index (χ0n) is 9.72. The number of nitrogens with two attached hydrogens (primary N) is 1. The van der Waals surface area contributed by atoms with E-state index in [0.29, 0.717) is 12.5 Å². The van der Waals surface area contributed by atoms with E-state index in [9.17, 15) is 0 Å². The highest BCUT2D eigenvalue weighted by atomic mass is 16.5. The van der Waals surface area contributed by atoms with Crippen molar-refractivity contribution in [3.05, 3.63) is 23.9 Å². The molecular formula is C12H19N3O. The zero-order valence-corrected chi connectivity index (χ0v) is 9.72. The molecule has 2 heterocycles. The van der Waals surface area contributed by atoms with Crippen molar-refractivity contribution in [2.75, 3.05) is 31.7 Å². The number of ether oxygens (including phenoxy) is 1. The number of nitrogens with zero attached hydrogens (tertiary/aromatic N) is 2. The van der Waals surface area contributed by atoms with Gasteiger partial charge >= 0.3 is 0 Å². The Bertz CT molecular complexity index is 326. The molecule has 2 rings (SSSR count). The van der Waals surface area contributed by atoms with Gasteiger partial charge in [0.25, 0.3) is 0 Å². The van der Waals surface area contributed by atoms with Crippen LogP contribution in [0.5, 0.6) is 0 Å². The molecule has 2 N–H and O–H groups in total. The third-order valence-corrected chi connectivity index (χ3v) is 3.06. The smallest absolute Gasteiger partial charge is 0.128 e. The Morgan fingerprint density at radius 3 is 3.06 bits per heavy atom. The highest BCUT2D eigenvalue weighted by molar-refractivity contribution is 5.40. The Hall–Kier alpha value is -1.13. The van der Waals surface area contributed by atoms with Crippen molar-refractivity contribution in [2.45, 2.75) is 13.0 Å². The fraction of sp³-hybridized carbons (Fsp3) is 0.583. The molecule has 1 unspecified atom stereocenters. The molecule has 0 aromatic carbocycles. The average Bonchev–Trinajstić information content (AvgIpc) is 2.78. The van der Waals surface area contributed by atoms with E-state index in [-0.39, 0.29) is 0 Å². The molecule has 0 amide bonds. The van der Waals surface area contributed by atoms with E-state index >= 15 is 0 Å². The second kappa shape index (κ2) is 5.27. The summed E-state index contributed by atoms with van der Waals surface area (Å²) in [7, 11) is 1.76. The van der Waals surface area contributed by atoms with E-state index in [2.05, 4.69) is 16.0 Å². The summed E-state index contributed by atoms with van der Waals surface area (Å²) in [4.78, 5) is 6.74. The molecule has 1 aliphatic heterocycles. The van der Waals surface area contributed by atoms with Gasteiger partial charge in [0.1, 0.15) is 5.82 Å². The zero-order chi connectivity index (χ0) is 11.4. The third-order valence-electron chi connectivity index (χ3n) is 3.06. The Kier molecular flexibility index (Phi) is 3.74. The van der Waals surface area contributed by atoms with Gasteiger partial charge in [0.2, 0.25) is 0 Å². The lowest BCUT2D eigenvalue weighted by atomic mass is 10.1. The lowest BCUT2D eigenvalue weighted by Gasteiger charge is -2.17. The van der Waals surface area contributed by atoms with Crippen LogP contribution in [0.15, 0.2) is 18.3 Å². The third kappa shape index (κ3) is 2.51. The number of methoxy groups -OCH3 is 1. The van der Waals surface area contributed by atoms with Crippen LogP contribution in [0.25, 0.3) is 0 Å². The summed E-state index contributed by atoms with van der Waals surface area (Å²) in [6.07, 6.45) is 3.05. The molecule has 1 aromatic rings. The van der Waals surface area contributed by atoms with Crippen molar-refractivity contribution < 1.29 is 4.74 Å². The number of pyridine rings is 1. The summed E-state index contributed by atoms with van der Waals surface area (Å²) in [5.41, 5.74) is 6.62. The van der Waals surface area contributed by atoms with Gasteiger partial charge in [-0.1, -0.05) is 6.07 Å². The van der Waals surface area contributed by atoms with Gasteiger partial charge in [-0.05, 0) is 18.1 Å². The Labute approximate surface area is 96.4 Å². The molecular weight excluding hydrogens is 202 g/mol. The van der Waals surface area contributed by atoms with Crippen LogP contribution in [0.4, 0.5) is 5.82 Å². The van der Waals surface area contributed by atoms with Crippen molar-refractivity contribution in [3.8, 4) is 0 Å². The largest absolute Gasteiger partial charge is 0.384 e. The minimum absolute atomic E-state index is 0.555. The molecule has 4 nitrogen and oxygen atoms in total. The molecule has 0 radical (unpaired) electrons. The standard InChI is InChI=1S/C12H19N3O/c1-16-9-11-4-5-15(8-11)12-3-2-10(6-13)7-14-12/h2-3,7,11H,4-6,8-9,13H2,1H3. The van der Waals surface area contributed by atoms with E-state index < -0.39 is 0 Å². The molecule has 1 fully saturated rings.